The fraction of sp³-hybridized carbons (Fsp3) is 0.412. The van der Waals surface area contributed by atoms with Gasteiger partial charge in [-0.1, -0.05) is 58.8 Å². The number of aliphatic hydroxyl groups excluding tert-OH is 1. The maximum atomic E-state index is 14.7. The molecule has 2 atom stereocenters. The summed E-state index contributed by atoms with van der Waals surface area (Å²) in [6, 6.07) is 22.1. The van der Waals surface area contributed by atoms with E-state index in [1.54, 1.807) is 12.1 Å². The number of rotatable bonds is 16. The predicted octanol–water partition coefficient (Wildman–Crippen LogP) is 5.02. The van der Waals surface area contributed by atoms with Crippen LogP contribution in [-0.4, -0.2) is 80.0 Å². The lowest BCUT2D eigenvalue weighted by molar-refractivity contribution is -0.129. The van der Waals surface area contributed by atoms with Crippen molar-refractivity contribution in [2.75, 3.05) is 52.6 Å². The smallest absolute Gasteiger partial charge is 0.252 e. The molecule has 1 amide bonds. The van der Waals surface area contributed by atoms with Gasteiger partial charge in [0, 0.05) is 61.0 Å². The fourth-order valence-electron chi connectivity index (χ4n) is 5.89. The minimum absolute atomic E-state index is 0.0356. The number of carbonyl (C=O) groups is 1. The molecular weight excluding hydrogens is 614 g/mol. The second-order valence-corrected chi connectivity index (χ2v) is 11.4. The highest BCUT2D eigenvalue weighted by Crippen LogP contribution is 2.44. The van der Waals surface area contributed by atoms with E-state index in [0.29, 0.717) is 61.8 Å². The molecule has 3 aromatic carbocycles. The van der Waals surface area contributed by atoms with Gasteiger partial charge in [0.25, 0.3) is 5.91 Å². The molecule has 2 aliphatic heterocycles. The van der Waals surface area contributed by atoms with Crippen molar-refractivity contribution in [3.63, 3.8) is 0 Å². The molecule has 0 unspecified atom stereocenters. The summed E-state index contributed by atoms with van der Waals surface area (Å²) < 4.78 is 17.9. The Morgan fingerprint density at radius 2 is 1.65 bits per heavy atom. The number of nitrogens with zero attached hydrogens (tertiary/aromatic N) is 8. The molecular formula is C34H39N9O5. The van der Waals surface area contributed by atoms with Gasteiger partial charge < -0.3 is 24.6 Å². The lowest BCUT2D eigenvalue weighted by Crippen LogP contribution is -2.52. The molecule has 0 bridgehead atoms. The number of hydrogen-bond acceptors (Lipinski definition) is 9. The van der Waals surface area contributed by atoms with Crippen molar-refractivity contribution in [3.8, 4) is 5.75 Å². The Hall–Kier alpha value is -5.10. The van der Waals surface area contributed by atoms with Crippen LogP contribution in [0.25, 0.3) is 20.9 Å². The van der Waals surface area contributed by atoms with Crippen LogP contribution in [0.4, 0.5) is 0 Å². The predicted molar refractivity (Wildman–Crippen MR) is 179 cm³/mol. The molecule has 2 aliphatic rings. The molecule has 0 radical (unpaired) electrons. The van der Waals surface area contributed by atoms with Crippen molar-refractivity contribution in [1.29, 1.82) is 0 Å². The summed E-state index contributed by atoms with van der Waals surface area (Å²) in [7, 11) is 0. The summed E-state index contributed by atoms with van der Waals surface area (Å²) in [6.07, 6.45) is -0.243. The molecule has 1 fully saturated rings. The van der Waals surface area contributed by atoms with Crippen LogP contribution in [0.3, 0.4) is 0 Å². The van der Waals surface area contributed by atoms with Gasteiger partial charge in [-0.3, -0.25) is 9.69 Å². The highest BCUT2D eigenvalue weighted by Gasteiger charge is 2.54. The summed E-state index contributed by atoms with van der Waals surface area (Å²) in [5, 5.41) is 19.9. The summed E-state index contributed by atoms with van der Waals surface area (Å²) in [4.78, 5) is 27.9. The zero-order chi connectivity index (χ0) is 33.6. The van der Waals surface area contributed by atoms with Gasteiger partial charge in [0.2, 0.25) is 5.90 Å². The Balaban J connectivity index is 1.58. The van der Waals surface area contributed by atoms with E-state index in [0.717, 1.165) is 24.2 Å². The summed E-state index contributed by atoms with van der Waals surface area (Å²) in [5.74, 6) is 0.578. The van der Waals surface area contributed by atoms with Crippen LogP contribution < -0.4 is 10.1 Å². The first-order valence-electron chi connectivity index (χ1n) is 15.9. The number of ether oxygens (including phenoxy) is 3. The molecule has 3 aromatic rings. The van der Waals surface area contributed by atoms with Crippen molar-refractivity contribution in [2.24, 2.45) is 15.2 Å². The van der Waals surface area contributed by atoms with Crippen molar-refractivity contribution < 1.29 is 24.1 Å². The minimum atomic E-state index is -1.49. The second-order valence-electron chi connectivity index (χ2n) is 11.4. The minimum Gasteiger partial charge on any atom is -0.494 e. The number of aliphatic imine (C=N–C) groups is 1. The Morgan fingerprint density at radius 1 is 0.979 bits per heavy atom. The van der Waals surface area contributed by atoms with Gasteiger partial charge in [-0.25, -0.2) is 4.99 Å². The Labute approximate surface area is 278 Å². The van der Waals surface area contributed by atoms with E-state index in [1.807, 2.05) is 60.7 Å². The van der Waals surface area contributed by atoms with Crippen LogP contribution in [0.5, 0.6) is 5.75 Å². The van der Waals surface area contributed by atoms with E-state index in [4.69, 9.17) is 35.4 Å². The quantitative estimate of drug-likeness (QED) is 0.0944. The number of nitrogens with one attached hydrogen (secondary N) is 1. The fourth-order valence-corrected chi connectivity index (χ4v) is 5.89. The Morgan fingerprint density at radius 3 is 2.35 bits per heavy atom. The van der Waals surface area contributed by atoms with Crippen LogP contribution >= 0.6 is 0 Å². The molecule has 14 heteroatoms. The Bertz CT molecular complexity index is 1670. The monoisotopic (exact) mass is 653 g/mol. The number of hydrogen-bond donors (Lipinski definition) is 2. The molecule has 0 spiro atoms. The number of carbonyl (C=O) groups excluding carboxylic acids is 1. The van der Waals surface area contributed by atoms with Gasteiger partial charge in [0.1, 0.15) is 5.75 Å². The number of aliphatic hydroxyl groups is 1. The third-order valence-corrected chi connectivity index (χ3v) is 8.37. The maximum Gasteiger partial charge on any atom is 0.252 e. The van der Waals surface area contributed by atoms with Crippen molar-refractivity contribution >= 4 is 11.8 Å². The number of morpholine rings is 1. The molecule has 2 N–H and O–H groups in total. The highest BCUT2D eigenvalue weighted by molar-refractivity contribution is 6.01. The van der Waals surface area contributed by atoms with Gasteiger partial charge in [-0.15, -0.1) is 0 Å². The van der Waals surface area contributed by atoms with Crippen molar-refractivity contribution in [2.45, 2.75) is 37.6 Å². The molecule has 0 saturated carbocycles. The standard InChI is InChI=1S/C34H39N9O5/c35-41-38-23-27-7-2-1-6-26(27)22-34(33(45)37-14-15-43-16-20-46-21-17-43)31(30-9-4-3-8-28(30)24-39-42-36)48-32(40-34)25-10-12-29(13-11-25)47-19-5-18-44/h1-4,6-13,31,44H,5,14-24H2,(H,37,45)/t31-,34-/m1/s1. The van der Waals surface area contributed by atoms with Crippen LogP contribution in [0, 0.1) is 0 Å². The largest absolute Gasteiger partial charge is 0.494 e. The first-order chi connectivity index (χ1) is 23.6. The summed E-state index contributed by atoms with van der Waals surface area (Å²) in [6.45, 7) is 4.48. The average molecular weight is 654 g/mol. The van der Waals surface area contributed by atoms with E-state index in [-0.39, 0.29) is 37.9 Å². The highest BCUT2D eigenvalue weighted by atomic mass is 16.5. The van der Waals surface area contributed by atoms with Crippen LogP contribution in [0.15, 0.2) is 88.0 Å². The van der Waals surface area contributed by atoms with E-state index in [9.17, 15) is 4.79 Å². The van der Waals surface area contributed by atoms with Crippen LogP contribution in [-0.2, 0) is 33.8 Å². The average Bonchev–Trinajstić information content (AvgIpc) is 3.51. The lowest BCUT2D eigenvalue weighted by atomic mass is 9.79. The van der Waals surface area contributed by atoms with Gasteiger partial charge >= 0.3 is 0 Å². The Kier molecular flexibility index (Phi) is 12.2. The zero-order valence-corrected chi connectivity index (χ0v) is 26.6. The van der Waals surface area contributed by atoms with Crippen molar-refractivity contribution in [1.82, 2.24) is 10.2 Å². The van der Waals surface area contributed by atoms with Crippen LogP contribution in [0.1, 0.15) is 40.3 Å². The number of benzene rings is 3. The molecule has 5 rings (SSSR count). The first kappa shape index (κ1) is 34.2. The normalized spacial score (nSPS) is 18.9. The van der Waals surface area contributed by atoms with Crippen molar-refractivity contribution in [3.05, 3.63) is 121 Å². The summed E-state index contributed by atoms with van der Waals surface area (Å²) in [5.41, 5.74) is 20.3. The van der Waals surface area contributed by atoms with Crippen LogP contribution in [0.2, 0.25) is 0 Å². The SMILES string of the molecule is [N-]=[N+]=NCc1ccccc1C[C@@]1(C(=O)NCCN2CCOCC2)N=C(c2ccc(OCCCO)cc2)O[C@@H]1c1ccccc1CN=[N+]=[N-]. The van der Waals surface area contributed by atoms with E-state index < -0.39 is 11.6 Å². The molecule has 2 heterocycles. The van der Waals surface area contributed by atoms with E-state index >= 15 is 0 Å². The lowest BCUT2D eigenvalue weighted by Gasteiger charge is -2.33. The molecule has 1 saturated heterocycles. The number of amides is 1. The van der Waals surface area contributed by atoms with Gasteiger partial charge in [0.15, 0.2) is 11.6 Å². The first-order valence-corrected chi connectivity index (χ1v) is 15.9. The van der Waals surface area contributed by atoms with E-state index in [1.165, 1.54) is 0 Å². The third kappa shape index (κ3) is 8.43. The molecule has 48 heavy (non-hydrogen) atoms. The van der Waals surface area contributed by atoms with E-state index in [2.05, 4.69) is 30.3 Å². The van der Waals surface area contributed by atoms with Gasteiger partial charge in [0.05, 0.1) is 32.9 Å². The molecule has 14 nitrogen and oxygen atoms in total. The molecule has 0 aliphatic carbocycles. The molecule has 250 valence electrons. The number of azide groups is 2. The second kappa shape index (κ2) is 17.2. The zero-order valence-electron chi connectivity index (χ0n) is 26.6. The summed E-state index contributed by atoms with van der Waals surface area (Å²) >= 11 is 0. The van der Waals surface area contributed by atoms with Gasteiger partial charge in [-0.2, -0.15) is 0 Å². The maximum absolute atomic E-state index is 14.7. The van der Waals surface area contributed by atoms with Gasteiger partial charge in [-0.05, 0) is 57.6 Å². The topological polar surface area (TPSA) is 190 Å². The third-order valence-electron chi connectivity index (χ3n) is 8.37. The molecule has 0 aromatic heterocycles.